The van der Waals surface area contributed by atoms with Crippen LogP contribution in [0.1, 0.15) is 10.6 Å². The molecule has 2 heterocycles. The molecule has 32 heavy (non-hydrogen) atoms. The van der Waals surface area contributed by atoms with E-state index in [0.717, 1.165) is 16.9 Å². The Morgan fingerprint density at radius 1 is 0.750 bits per heavy atom. The summed E-state index contributed by atoms with van der Waals surface area (Å²) >= 11 is 0. The van der Waals surface area contributed by atoms with Gasteiger partial charge in [0.05, 0.1) is 5.69 Å². The number of para-hydroxylation sites is 1. The fourth-order valence-electron chi connectivity index (χ4n) is 3.90. The summed E-state index contributed by atoms with van der Waals surface area (Å²) in [6.45, 7) is 2.59. The second-order valence-electron chi connectivity index (χ2n) is 7.67. The molecule has 1 aliphatic heterocycles. The number of hydrogen-bond acceptors (Lipinski definition) is 5. The first-order valence-electron chi connectivity index (χ1n) is 10.6. The molecular weight excluding hydrogens is 402 g/mol. The van der Waals surface area contributed by atoms with Crippen molar-refractivity contribution in [2.45, 2.75) is 0 Å². The molecule has 0 spiro atoms. The summed E-state index contributed by atoms with van der Waals surface area (Å²) in [6, 6.07) is 26.6. The minimum Gasteiger partial charge on any atom is -0.508 e. The highest BCUT2D eigenvalue weighted by molar-refractivity contribution is 5.91. The van der Waals surface area contributed by atoms with Crippen molar-refractivity contribution in [1.29, 1.82) is 0 Å². The van der Waals surface area contributed by atoms with Crippen molar-refractivity contribution in [1.82, 2.24) is 19.7 Å². The summed E-state index contributed by atoms with van der Waals surface area (Å²) in [7, 11) is 0. The Hall–Kier alpha value is -4.13. The number of nitrogens with zero attached hydrogens (tertiary/aromatic N) is 5. The zero-order chi connectivity index (χ0) is 21.9. The highest BCUT2D eigenvalue weighted by Gasteiger charge is 2.27. The molecular formula is C25H23N5O2. The van der Waals surface area contributed by atoms with Gasteiger partial charge in [0.2, 0.25) is 5.82 Å². The van der Waals surface area contributed by atoms with E-state index in [1.807, 2.05) is 72.8 Å². The van der Waals surface area contributed by atoms with E-state index in [1.165, 1.54) is 0 Å². The number of anilines is 1. The predicted molar refractivity (Wildman–Crippen MR) is 123 cm³/mol. The topological polar surface area (TPSA) is 74.5 Å². The third-order valence-corrected chi connectivity index (χ3v) is 5.61. The third kappa shape index (κ3) is 3.92. The molecule has 3 aromatic carbocycles. The monoisotopic (exact) mass is 425 g/mol. The highest BCUT2D eigenvalue weighted by atomic mass is 16.3. The van der Waals surface area contributed by atoms with Gasteiger partial charge in [-0.15, -0.1) is 5.10 Å². The minimum atomic E-state index is -0.165. The maximum Gasteiger partial charge on any atom is 0.293 e. The molecule has 7 heteroatoms. The fourth-order valence-corrected chi connectivity index (χ4v) is 3.90. The van der Waals surface area contributed by atoms with Crippen molar-refractivity contribution in [3.05, 3.63) is 90.8 Å². The molecule has 1 saturated heterocycles. The zero-order valence-corrected chi connectivity index (χ0v) is 17.5. The van der Waals surface area contributed by atoms with Crippen molar-refractivity contribution in [3.8, 4) is 22.8 Å². The molecule has 0 unspecified atom stereocenters. The number of benzene rings is 3. The predicted octanol–water partition coefficient (Wildman–Crippen LogP) is 3.60. The van der Waals surface area contributed by atoms with Crippen molar-refractivity contribution in [2.24, 2.45) is 0 Å². The Labute approximate surface area is 186 Å². The number of piperazine rings is 1. The molecule has 5 rings (SSSR count). The summed E-state index contributed by atoms with van der Waals surface area (Å²) in [6.07, 6.45) is 0. The van der Waals surface area contributed by atoms with Crippen LogP contribution in [-0.4, -0.2) is 56.9 Å². The van der Waals surface area contributed by atoms with Gasteiger partial charge in [-0.25, -0.2) is 9.67 Å². The number of carbonyl (C=O) groups is 1. The van der Waals surface area contributed by atoms with Crippen molar-refractivity contribution in [3.63, 3.8) is 0 Å². The SMILES string of the molecule is O=C(c1nc(-c2ccccc2)n(-c2ccccc2)n1)N1CCN(c2ccc(O)cc2)CC1. The molecule has 1 aromatic heterocycles. The Balaban J connectivity index is 1.38. The highest BCUT2D eigenvalue weighted by Crippen LogP contribution is 2.23. The molecule has 0 bridgehead atoms. The third-order valence-electron chi connectivity index (χ3n) is 5.61. The Morgan fingerprint density at radius 2 is 1.38 bits per heavy atom. The lowest BCUT2D eigenvalue weighted by Gasteiger charge is -2.35. The first-order valence-corrected chi connectivity index (χ1v) is 10.6. The second kappa shape index (κ2) is 8.55. The summed E-state index contributed by atoms with van der Waals surface area (Å²) in [5.41, 5.74) is 2.79. The lowest BCUT2D eigenvalue weighted by atomic mass is 10.2. The van der Waals surface area contributed by atoms with E-state index >= 15 is 0 Å². The molecule has 0 saturated carbocycles. The van der Waals surface area contributed by atoms with E-state index in [1.54, 1.807) is 21.7 Å². The van der Waals surface area contributed by atoms with Crippen LogP contribution in [0, 0.1) is 0 Å². The van der Waals surface area contributed by atoms with Crippen LogP contribution in [0.4, 0.5) is 5.69 Å². The number of aromatic hydroxyl groups is 1. The zero-order valence-electron chi connectivity index (χ0n) is 17.5. The van der Waals surface area contributed by atoms with E-state index in [-0.39, 0.29) is 17.5 Å². The smallest absolute Gasteiger partial charge is 0.293 e. The van der Waals surface area contributed by atoms with Gasteiger partial charge in [0.15, 0.2) is 5.82 Å². The van der Waals surface area contributed by atoms with Crippen LogP contribution in [0.5, 0.6) is 5.75 Å². The number of phenols is 1. The summed E-state index contributed by atoms with van der Waals surface area (Å²) in [5, 5.41) is 14.1. The number of amides is 1. The lowest BCUT2D eigenvalue weighted by molar-refractivity contribution is 0.0734. The van der Waals surface area contributed by atoms with E-state index in [2.05, 4.69) is 15.0 Å². The second-order valence-corrected chi connectivity index (χ2v) is 7.67. The molecule has 160 valence electrons. The molecule has 7 nitrogen and oxygen atoms in total. The van der Waals surface area contributed by atoms with E-state index in [0.29, 0.717) is 32.0 Å². The fraction of sp³-hybridized carbons (Fsp3) is 0.160. The largest absolute Gasteiger partial charge is 0.508 e. The van der Waals surface area contributed by atoms with Crippen LogP contribution >= 0.6 is 0 Å². The van der Waals surface area contributed by atoms with Gasteiger partial charge in [-0.2, -0.15) is 0 Å². The minimum absolute atomic E-state index is 0.165. The van der Waals surface area contributed by atoms with Gasteiger partial charge in [0.25, 0.3) is 5.91 Å². The molecule has 1 amide bonds. The number of aromatic nitrogens is 3. The Bertz CT molecular complexity index is 1140. The van der Waals surface area contributed by atoms with Gasteiger partial charge in [0.1, 0.15) is 5.75 Å². The first kappa shape index (κ1) is 19.8. The van der Waals surface area contributed by atoms with Crippen molar-refractivity contribution in [2.75, 3.05) is 31.1 Å². The summed E-state index contributed by atoms with van der Waals surface area (Å²) in [4.78, 5) is 21.9. The molecule has 0 atom stereocenters. The van der Waals surface area contributed by atoms with Crippen molar-refractivity contribution >= 4 is 11.6 Å². The number of carbonyl (C=O) groups excluding carboxylic acids is 1. The lowest BCUT2D eigenvalue weighted by Crippen LogP contribution is -2.49. The van der Waals surface area contributed by atoms with Gasteiger partial charge in [-0.05, 0) is 36.4 Å². The first-order chi connectivity index (χ1) is 15.7. The van der Waals surface area contributed by atoms with Gasteiger partial charge < -0.3 is 14.9 Å². The number of rotatable bonds is 4. The van der Waals surface area contributed by atoms with E-state index in [4.69, 9.17) is 0 Å². The van der Waals surface area contributed by atoms with Crippen LogP contribution in [-0.2, 0) is 0 Å². The van der Waals surface area contributed by atoms with Gasteiger partial charge in [0, 0.05) is 37.4 Å². The average molecular weight is 425 g/mol. The molecule has 1 fully saturated rings. The van der Waals surface area contributed by atoms with Crippen LogP contribution < -0.4 is 4.90 Å². The van der Waals surface area contributed by atoms with Gasteiger partial charge in [-0.3, -0.25) is 4.79 Å². The van der Waals surface area contributed by atoms with E-state index in [9.17, 15) is 9.90 Å². The molecule has 0 aliphatic carbocycles. The quantitative estimate of drug-likeness (QED) is 0.541. The summed E-state index contributed by atoms with van der Waals surface area (Å²) in [5.74, 6) is 0.924. The number of phenolic OH excluding ortho intramolecular Hbond substituents is 1. The average Bonchev–Trinajstić information content (AvgIpc) is 3.31. The van der Waals surface area contributed by atoms with Gasteiger partial charge >= 0.3 is 0 Å². The van der Waals surface area contributed by atoms with Crippen LogP contribution in [0.15, 0.2) is 84.9 Å². The molecule has 0 radical (unpaired) electrons. The summed E-state index contributed by atoms with van der Waals surface area (Å²) < 4.78 is 1.73. The maximum atomic E-state index is 13.3. The van der Waals surface area contributed by atoms with E-state index < -0.39 is 0 Å². The molecule has 4 aromatic rings. The standard InChI is InChI=1S/C25H23N5O2/c31-22-13-11-20(12-14-22)28-15-17-29(18-16-28)25(32)23-26-24(19-7-3-1-4-8-19)30(27-23)21-9-5-2-6-10-21/h1-14,31H,15-18H2. The maximum absolute atomic E-state index is 13.3. The van der Waals surface area contributed by atoms with Crippen LogP contribution in [0.2, 0.25) is 0 Å². The Morgan fingerprint density at radius 3 is 2.03 bits per heavy atom. The molecule has 1 aliphatic rings. The Kier molecular flexibility index (Phi) is 5.29. The number of hydrogen-bond donors (Lipinski definition) is 1. The van der Waals surface area contributed by atoms with Crippen LogP contribution in [0.3, 0.4) is 0 Å². The molecule has 1 N–H and O–H groups in total. The van der Waals surface area contributed by atoms with Gasteiger partial charge in [-0.1, -0.05) is 48.5 Å². The van der Waals surface area contributed by atoms with Crippen LogP contribution in [0.25, 0.3) is 17.1 Å². The van der Waals surface area contributed by atoms with Crippen molar-refractivity contribution < 1.29 is 9.90 Å². The normalized spacial score (nSPS) is 13.9.